The summed E-state index contributed by atoms with van der Waals surface area (Å²) < 4.78 is 7.03. The summed E-state index contributed by atoms with van der Waals surface area (Å²) in [6.07, 6.45) is 4.96. The fraction of sp³-hybridized carbons (Fsp3) is 0.323. The third-order valence-corrected chi connectivity index (χ3v) is 9.01. The topological polar surface area (TPSA) is 120 Å². The van der Waals surface area contributed by atoms with Crippen LogP contribution < -0.4 is 11.1 Å². The summed E-state index contributed by atoms with van der Waals surface area (Å²) in [4.78, 5) is 23.8. The summed E-state index contributed by atoms with van der Waals surface area (Å²) in [5, 5.41) is 13.5. The number of pyridine rings is 2. The Labute approximate surface area is 247 Å². The van der Waals surface area contributed by atoms with E-state index < -0.39 is 5.91 Å². The van der Waals surface area contributed by atoms with Crippen LogP contribution in [-0.4, -0.2) is 33.1 Å². The van der Waals surface area contributed by atoms with Crippen LogP contribution in [0.2, 0.25) is 5.02 Å². The summed E-state index contributed by atoms with van der Waals surface area (Å²) in [7, 11) is 1.85. The van der Waals surface area contributed by atoms with Gasteiger partial charge in [0, 0.05) is 35.6 Å². The number of hydrogen-bond acceptors (Lipinski definition) is 8. The number of thiophene rings is 1. The first kappa shape index (κ1) is 27.4. The van der Waals surface area contributed by atoms with Crippen LogP contribution in [0.5, 0.6) is 0 Å². The lowest BCUT2D eigenvalue weighted by molar-refractivity contribution is 0.0999. The van der Waals surface area contributed by atoms with Crippen molar-refractivity contribution in [2.24, 2.45) is 11.7 Å². The van der Waals surface area contributed by atoms with Crippen LogP contribution in [0.25, 0.3) is 32.0 Å². The second-order valence-corrected chi connectivity index (χ2v) is 12.4. The van der Waals surface area contributed by atoms with E-state index in [4.69, 9.17) is 26.7 Å². The minimum Gasteiger partial charge on any atom is -0.421 e. The Morgan fingerprint density at radius 1 is 1.20 bits per heavy atom. The van der Waals surface area contributed by atoms with Gasteiger partial charge in [0.2, 0.25) is 11.8 Å². The van der Waals surface area contributed by atoms with Crippen molar-refractivity contribution in [1.82, 2.24) is 20.2 Å². The molecule has 3 N–H and O–H groups in total. The lowest BCUT2D eigenvalue weighted by atomic mass is 9.88. The Hall–Kier alpha value is -3.82. The number of aromatic nitrogens is 4. The van der Waals surface area contributed by atoms with Crippen molar-refractivity contribution in [2.45, 2.75) is 52.4 Å². The molecule has 0 aliphatic heterocycles. The van der Waals surface area contributed by atoms with E-state index in [0.29, 0.717) is 47.0 Å². The predicted octanol–water partition coefficient (Wildman–Crippen LogP) is 6.98. The van der Waals surface area contributed by atoms with Gasteiger partial charge < -0.3 is 15.5 Å². The van der Waals surface area contributed by atoms with E-state index in [1.807, 2.05) is 19.2 Å². The Bertz CT molecular complexity index is 1790. The highest BCUT2D eigenvalue weighted by atomic mass is 35.5. The molecule has 1 aromatic carbocycles. The van der Waals surface area contributed by atoms with Crippen LogP contribution in [-0.2, 0) is 19.3 Å². The van der Waals surface area contributed by atoms with Crippen molar-refractivity contribution in [2.75, 3.05) is 12.4 Å². The van der Waals surface area contributed by atoms with Gasteiger partial charge in [-0.05, 0) is 78.3 Å². The molecular formula is C31H31ClN6O2S. The van der Waals surface area contributed by atoms with Gasteiger partial charge in [-0.15, -0.1) is 21.5 Å². The van der Waals surface area contributed by atoms with E-state index in [1.54, 1.807) is 24.5 Å². The first-order valence-corrected chi connectivity index (χ1v) is 14.9. The fourth-order valence-electron chi connectivity index (χ4n) is 5.90. The first-order valence-electron chi connectivity index (χ1n) is 13.7. The number of carbonyl (C=O) groups excluding carboxylic acids is 1. The van der Waals surface area contributed by atoms with E-state index in [-0.39, 0.29) is 11.8 Å². The smallest absolute Gasteiger partial charge is 0.251 e. The number of anilines is 1. The molecule has 0 spiro atoms. The highest BCUT2D eigenvalue weighted by Gasteiger charge is 2.32. The van der Waals surface area contributed by atoms with E-state index in [0.717, 1.165) is 44.3 Å². The highest BCUT2D eigenvalue weighted by Crippen LogP contribution is 2.46. The van der Waals surface area contributed by atoms with Crippen LogP contribution in [0.1, 0.15) is 64.9 Å². The van der Waals surface area contributed by atoms with Crippen LogP contribution >= 0.6 is 22.9 Å². The van der Waals surface area contributed by atoms with Crippen molar-refractivity contribution in [3.63, 3.8) is 0 Å². The zero-order valence-electron chi connectivity index (χ0n) is 23.4. The van der Waals surface area contributed by atoms with Crippen molar-refractivity contribution in [3.05, 3.63) is 75.5 Å². The summed E-state index contributed by atoms with van der Waals surface area (Å²) in [5.74, 6) is 1.50. The third-order valence-electron chi connectivity index (χ3n) is 7.60. The Morgan fingerprint density at radius 2 is 2.02 bits per heavy atom. The second kappa shape index (κ2) is 10.9. The number of nitrogens with zero attached hydrogens (tertiary/aromatic N) is 4. The van der Waals surface area contributed by atoms with E-state index in [9.17, 15) is 4.79 Å². The van der Waals surface area contributed by atoms with Gasteiger partial charge >= 0.3 is 0 Å². The van der Waals surface area contributed by atoms with Crippen LogP contribution in [0, 0.1) is 12.8 Å². The van der Waals surface area contributed by atoms with Crippen LogP contribution in [0.4, 0.5) is 5.82 Å². The Balaban J connectivity index is 1.65. The minimum absolute atomic E-state index is 0.235. The molecule has 6 rings (SSSR count). The molecule has 5 aromatic rings. The van der Waals surface area contributed by atoms with Crippen molar-refractivity contribution >= 4 is 44.7 Å². The van der Waals surface area contributed by atoms with Gasteiger partial charge in [-0.3, -0.25) is 9.78 Å². The number of halogens is 1. The molecule has 0 saturated heterocycles. The number of primary amides is 1. The normalized spacial score (nSPS) is 14.6. The molecule has 0 radical (unpaired) electrons. The number of benzene rings is 1. The lowest BCUT2D eigenvalue weighted by Crippen LogP contribution is -2.20. The number of nitrogens with two attached hydrogens (primary N) is 1. The number of hydrogen-bond donors (Lipinski definition) is 2. The minimum atomic E-state index is -0.530. The van der Waals surface area contributed by atoms with Crippen LogP contribution in [0.15, 0.2) is 40.9 Å². The summed E-state index contributed by atoms with van der Waals surface area (Å²) >= 11 is 7.86. The van der Waals surface area contributed by atoms with Crippen molar-refractivity contribution in [1.29, 1.82) is 0 Å². The zero-order valence-corrected chi connectivity index (χ0v) is 25.0. The SMILES string of the molecule is CNc1nccc2cc(-c3c(C(N)=O)c(CC(C)C)nc(CC4CCc5cc(Cl)ccc54)c3-c3nnc(C)o3)sc12. The van der Waals surface area contributed by atoms with E-state index in [1.165, 1.54) is 11.1 Å². The molecule has 1 aliphatic carbocycles. The summed E-state index contributed by atoms with van der Waals surface area (Å²) in [6, 6.07) is 10.2. The second-order valence-electron chi connectivity index (χ2n) is 10.9. The van der Waals surface area contributed by atoms with E-state index in [2.05, 4.69) is 52.5 Å². The monoisotopic (exact) mass is 586 g/mol. The van der Waals surface area contributed by atoms with Gasteiger partial charge in [-0.1, -0.05) is 31.5 Å². The van der Waals surface area contributed by atoms with Crippen molar-refractivity contribution in [3.8, 4) is 21.9 Å². The summed E-state index contributed by atoms with van der Waals surface area (Å²) in [5.41, 5.74) is 12.0. The van der Waals surface area contributed by atoms with Crippen molar-refractivity contribution < 1.29 is 9.21 Å². The maximum absolute atomic E-state index is 13.3. The Kier molecular flexibility index (Phi) is 7.25. The third kappa shape index (κ3) is 5.08. The lowest BCUT2D eigenvalue weighted by Gasteiger charge is -2.21. The molecule has 0 fully saturated rings. The number of nitrogens with one attached hydrogen (secondary N) is 1. The molecule has 41 heavy (non-hydrogen) atoms. The van der Waals surface area contributed by atoms with E-state index >= 15 is 0 Å². The number of amides is 1. The average molecular weight is 587 g/mol. The Morgan fingerprint density at radius 3 is 2.73 bits per heavy atom. The maximum atomic E-state index is 13.3. The molecule has 10 heteroatoms. The molecule has 0 bridgehead atoms. The number of aryl methyl sites for hydroxylation is 2. The average Bonchev–Trinajstić information content (AvgIpc) is 3.65. The van der Waals surface area contributed by atoms with Gasteiger partial charge in [0.25, 0.3) is 5.91 Å². The first-order chi connectivity index (χ1) is 19.7. The fourth-order valence-corrected chi connectivity index (χ4v) is 7.30. The molecule has 0 saturated carbocycles. The highest BCUT2D eigenvalue weighted by molar-refractivity contribution is 7.22. The maximum Gasteiger partial charge on any atom is 0.251 e. The number of fused-ring (bicyclic) bond motifs is 2. The van der Waals surface area contributed by atoms with Gasteiger partial charge in [0.1, 0.15) is 5.82 Å². The number of carbonyl (C=O) groups is 1. The summed E-state index contributed by atoms with van der Waals surface area (Å²) in [6.45, 7) is 5.98. The largest absolute Gasteiger partial charge is 0.421 e. The molecule has 1 aliphatic rings. The zero-order chi connectivity index (χ0) is 28.8. The van der Waals surface area contributed by atoms with Gasteiger partial charge in [0.05, 0.1) is 27.2 Å². The van der Waals surface area contributed by atoms with Crippen LogP contribution in [0.3, 0.4) is 0 Å². The van der Waals surface area contributed by atoms with Gasteiger partial charge in [0.15, 0.2) is 0 Å². The molecule has 8 nitrogen and oxygen atoms in total. The number of rotatable bonds is 8. The molecule has 1 amide bonds. The van der Waals surface area contributed by atoms with Gasteiger partial charge in [-0.2, -0.15) is 0 Å². The quantitative estimate of drug-likeness (QED) is 0.201. The molecule has 210 valence electrons. The standard InChI is InChI=1S/C31H31ClN6O2S/c1-15(2)11-22-25(29(33)39)27(24-14-19-9-10-35-30(34-4)28(19)41-24)26(31-38-37-16(3)40-31)23(36-22)13-18-6-5-17-12-20(32)7-8-21(17)18/h7-10,12,14-15,18H,5-6,11,13H2,1-4H3,(H2,33,39)(H,34,35). The molecule has 4 aromatic heterocycles. The molecule has 1 unspecified atom stereocenters. The molecular weight excluding hydrogens is 556 g/mol. The van der Waals surface area contributed by atoms with Gasteiger partial charge in [-0.25, -0.2) is 4.98 Å². The molecule has 4 heterocycles. The predicted molar refractivity (Wildman–Crippen MR) is 164 cm³/mol. The molecule has 1 atom stereocenters.